The van der Waals surface area contributed by atoms with E-state index in [4.69, 9.17) is 27.4 Å². The molecule has 4 heteroatoms. The van der Waals surface area contributed by atoms with E-state index in [1.54, 1.807) is 0 Å². The van der Waals surface area contributed by atoms with Gasteiger partial charge in [-0.05, 0) is 24.5 Å². The second-order valence-corrected chi connectivity index (χ2v) is 4.65. The van der Waals surface area contributed by atoms with Crippen LogP contribution >= 0.6 is 12.2 Å². The van der Waals surface area contributed by atoms with Gasteiger partial charge in [-0.2, -0.15) is 0 Å². The number of thiocarbonyl (C=S) groups is 1. The molecule has 0 radical (unpaired) electrons. The molecule has 1 fully saturated rings. The zero-order valence-electron chi connectivity index (χ0n) is 9.72. The lowest BCUT2D eigenvalue weighted by atomic mass is 10.1. The van der Waals surface area contributed by atoms with E-state index in [9.17, 15) is 0 Å². The molecule has 0 aromatic heterocycles. The molecule has 1 aliphatic heterocycles. The van der Waals surface area contributed by atoms with E-state index in [1.165, 1.54) is 0 Å². The molecule has 1 aromatic rings. The van der Waals surface area contributed by atoms with E-state index in [2.05, 4.69) is 0 Å². The SMILES string of the molecule is NC(=S)c1cccc(COCC2CCCO2)c1. The van der Waals surface area contributed by atoms with Crippen molar-refractivity contribution in [2.45, 2.75) is 25.6 Å². The Labute approximate surface area is 107 Å². The summed E-state index contributed by atoms with van der Waals surface area (Å²) in [5.74, 6) is 0. The molecule has 1 saturated heterocycles. The van der Waals surface area contributed by atoms with Gasteiger partial charge >= 0.3 is 0 Å². The highest BCUT2D eigenvalue weighted by molar-refractivity contribution is 7.80. The summed E-state index contributed by atoms with van der Waals surface area (Å²) >= 11 is 4.94. The minimum Gasteiger partial charge on any atom is -0.389 e. The Bertz CT molecular complexity index is 389. The fraction of sp³-hybridized carbons (Fsp3) is 0.462. The Balaban J connectivity index is 1.81. The Kier molecular flexibility index (Phi) is 4.48. The molecule has 0 spiro atoms. The van der Waals surface area contributed by atoms with Crippen molar-refractivity contribution in [1.82, 2.24) is 0 Å². The third-order valence-electron chi connectivity index (χ3n) is 2.81. The van der Waals surface area contributed by atoms with Gasteiger partial charge in [0, 0.05) is 12.2 Å². The van der Waals surface area contributed by atoms with Crippen LogP contribution in [0.5, 0.6) is 0 Å². The van der Waals surface area contributed by atoms with Crippen LogP contribution < -0.4 is 5.73 Å². The first-order valence-corrected chi connectivity index (χ1v) is 6.24. The summed E-state index contributed by atoms with van der Waals surface area (Å²) in [6.45, 7) is 2.11. The summed E-state index contributed by atoms with van der Waals surface area (Å²) in [6, 6.07) is 7.83. The third kappa shape index (κ3) is 3.77. The fourth-order valence-corrected chi connectivity index (χ4v) is 2.03. The summed E-state index contributed by atoms with van der Waals surface area (Å²) in [5.41, 5.74) is 7.56. The average Bonchev–Trinajstić information content (AvgIpc) is 2.82. The average molecular weight is 251 g/mol. The van der Waals surface area contributed by atoms with Gasteiger partial charge in [0.05, 0.1) is 19.3 Å². The van der Waals surface area contributed by atoms with Crippen molar-refractivity contribution < 1.29 is 9.47 Å². The van der Waals surface area contributed by atoms with Crippen LogP contribution in [0.15, 0.2) is 24.3 Å². The largest absolute Gasteiger partial charge is 0.389 e. The summed E-state index contributed by atoms with van der Waals surface area (Å²) < 4.78 is 11.1. The van der Waals surface area contributed by atoms with Crippen LogP contribution in [0, 0.1) is 0 Å². The molecule has 0 saturated carbocycles. The number of ether oxygens (including phenoxy) is 2. The maximum absolute atomic E-state index is 5.63. The fourth-order valence-electron chi connectivity index (χ4n) is 1.90. The first-order valence-electron chi connectivity index (χ1n) is 5.84. The molecule has 92 valence electrons. The molecule has 0 aliphatic carbocycles. The van der Waals surface area contributed by atoms with Crippen molar-refractivity contribution in [2.24, 2.45) is 5.73 Å². The van der Waals surface area contributed by atoms with Crippen LogP contribution in [0.25, 0.3) is 0 Å². The second kappa shape index (κ2) is 6.10. The van der Waals surface area contributed by atoms with Crippen molar-refractivity contribution >= 4 is 17.2 Å². The molecule has 2 N–H and O–H groups in total. The molecule has 1 aromatic carbocycles. The Morgan fingerprint density at radius 1 is 1.53 bits per heavy atom. The predicted molar refractivity (Wildman–Crippen MR) is 71.0 cm³/mol. The molecule has 1 aliphatic rings. The molecule has 0 bridgehead atoms. The lowest BCUT2D eigenvalue weighted by molar-refractivity contribution is 0.0106. The van der Waals surface area contributed by atoms with E-state index >= 15 is 0 Å². The van der Waals surface area contributed by atoms with Crippen molar-refractivity contribution in [3.63, 3.8) is 0 Å². The van der Waals surface area contributed by atoms with Gasteiger partial charge in [-0.25, -0.2) is 0 Å². The Hall–Kier alpha value is -0.970. The van der Waals surface area contributed by atoms with Crippen molar-refractivity contribution in [3.8, 4) is 0 Å². The smallest absolute Gasteiger partial charge is 0.103 e. The summed E-state index contributed by atoms with van der Waals surface area (Å²) in [7, 11) is 0. The maximum atomic E-state index is 5.63. The van der Waals surface area contributed by atoms with Crippen molar-refractivity contribution in [1.29, 1.82) is 0 Å². The standard InChI is InChI=1S/C13H17NO2S/c14-13(17)11-4-1-3-10(7-11)8-15-9-12-5-2-6-16-12/h1,3-4,7,12H,2,5-6,8-9H2,(H2,14,17). The first-order chi connectivity index (χ1) is 8.25. The normalized spacial score (nSPS) is 19.4. The van der Waals surface area contributed by atoms with E-state index in [0.29, 0.717) is 18.2 Å². The van der Waals surface area contributed by atoms with Crippen LogP contribution in [0.4, 0.5) is 0 Å². The predicted octanol–water partition coefficient (Wildman–Crippen LogP) is 2.02. The van der Waals surface area contributed by atoms with Crippen LogP contribution in [-0.2, 0) is 16.1 Å². The van der Waals surface area contributed by atoms with Crippen LogP contribution in [-0.4, -0.2) is 24.3 Å². The molecule has 3 nitrogen and oxygen atoms in total. The second-order valence-electron chi connectivity index (χ2n) is 4.21. The molecule has 0 amide bonds. The lowest BCUT2D eigenvalue weighted by Crippen LogP contribution is -2.14. The highest BCUT2D eigenvalue weighted by Gasteiger charge is 2.15. The van der Waals surface area contributed by atoms with Gasteiger partial charge in [0.2, 0.25) is 0 Å². The van der Waals surface area contributed by atoms with E-state index in [1.807, 2.05) is 24.3 Å². The summed E-state index contributed by atoms with van der Waals surface area (Å²) in [5, 5.41) is 0. The van der Waals surface area contributed by atoms with Crippen LogP contribution in [0.2, 0.25) is 0 Å². The van der Waals surface area contributed by atoms with Gasteiger partial charge in [0.25, 0.3) is 0 Å². The number of nitrogens with two attached hydrogens (primary N) is 1. The number of hydrogen-bond acceptors (Lipinski definition) is 3. The van der Waals surface area contributed by atoms with Gasteiger partial charge < -0.3 is 15.2 Å². The van der Waals surface area contributed by atoms with E-state index in [0.717, 1.165) is 30.6 Å². The number of rotatable bonds is 5. The molecular formula is C13H17NO2S. The zero-order valence-corrected chi connectivity index (χ0v) is 10.5. The number of hydrogen-bond donors (Lipinski definition) is 1. The molecule has 17 heavy (non-hydrogen) atoms. The van der Waals surface area contributed by atoms with Gasteiger partial charge in [-0.1, -0.05) is 30.4 Å². The third-order valence-corrected chi connectivity index (χ3v) is 3.04. The molecule has 2 rings (SSSR count). The monoisotopic (exact) mass is 251 g/mol. The zero-order chi connectivity index (χ0) is 12.1. The van der Waals surface area contributed by atoms with Gasteiger partial charge in [0.1, 0.15) is 4.99 Å². The van der Waals surface area contributed by atoms with Crippen molar-refractivity contribution in [2.75, 3.05) is 13.2 Å². The Morgan fingerprint density at radius 3 is 3.12 bits per heavy atom. The van der Waals surface area contributed by atoms with E-state index < -0.39 is 0 Å². The highest BCUT2D eigenvalue weighted by atomic mass is 32.1. The van der Waals surface area contributed by atoms with Gasteiger partial charge in [-0.15, -0.1) is 0 Å². The van der Waals surface area contributed by atoms with Gasteiger partial charge in [-0.3, -0.25) is 0 Å². The van der Waals surface area contributed by atoms with E-state index in [-0.39, 0.29) is 6.10 Å². The minimum atomic E-state index is 0.272. The Morgan fingerprint density at radius 2 is 2.41 bits per heavy atom. The van der Waals surface area contributed by atoms with Crippen LogP contribution in [0.1, 0.15) is 24.0 Å². The minimum absolute atomic E-state index is 0.272. The first kappa shape index (κ1) is 12.5. The summed E-state index contributed by atoms with van der Waals surface area (Å²) in [4.78, 5) is 0.422. The summed E-state index contributed by atoms with van der Waals surface area (Å²) in [6.07, 6.45) is 2.52. The molecule has 1 unspecified atom stereocenters. The number of benzene rings is 1. The molecular weight excluding hydrogens is 234 g/mol. The van der Waals surface area contributed by atoms with Crippen LogP contribution in [0.3, 0.4) is 0 Å². The quantitative estimate of drug-likeness (QED) is 0.813. The topological polar surface area (TPSA) is 44.5 Å². The van der Waals surface area contributed by atoms with Gasteiger partial charge in [0.15, 0.2) is 0 Å². The van der Waals surface area contributed by atoms with Crippen molar-refractivity contribution in [3.05, 3.63) is 35.4 Å². The molecule has 1 atom stereocenters. The maximum Gasteiger partial charge on any atom is 0.103 e. The highest BCUT2D eigenvalue weighted by Crippen LogP contribution is 2.13. The lowest BCUT2D eigenvalue weighted by Gasteiger charge is -2.10. The molecule has 1 heterocycles.